The van der Waals surface area contributed by atoms with Crippen molar-refractivity contribution in [3.8, 4) is 11.4 Å². The van der Waals surface area contributed by atoms with Gasteiger partial charge in [0, 0.05) is 56.2 Å². The van der Waals surface area contributed by atoms with Gasteiger partial charge in [0.25, 0.3) is 0 Å². The summed E-state index contributed by atoms with van der Waals surface area (Å²) in [7, 11) is -3.20. The smallest absolute Gasteiger partial charge is 0.215 e. The molecule has 0 unspecified atom stereocenters. The van der Waals surface area contributed by atoms with Gasteiger partial charge < -0.3 is 10.6 Å². The van der Waals surface area contributed by atoms with E-state index in [4.69, 9.17) is 0 Å². The quantitative estimate of drug-likeness (QED) is 0.777. The Bertz CT molecular complexity index is 882. The highest BCUT2D eigenvalue weighted by Gasteiger charge is 2.25. The van der Waals surface area contributed by atoms with Gasteiger partial charge in [-0.25, -0.2) is 22.7 Å². The zero-order valence-electron chi connectivity index (χ0n) is 14.5. The molecule has 138 valence electrons. The Balaban J connectivity index is 1.52. The van der Waals surface area contributed by atoms with E-state index in [1.165, 1.54) is 0 Å². The second-order valence-electron chi connectivity index (χ2n) is 6.52. The van der Waals surface area contributed by atoms with Crippen molar-refractivity contribution in [2.24, 2.45) is 0 Å². The lowest BCUT2D eigenvalue weighted by Crippen LogP contribution is -2.32. The first-order valence-electron chi connectivity index (χ1n) is 8.86. The standard InChI is InChI=1S/C17H22N6O2S/c24-26(25,23-7-1-2-8-23)9-6-20-17-14-11-19-12-15(14)21-16(22-17)13-4-3-5-18-10-13/h3-5,10,19H,1-2,6-9,11-12H2,(H,20,21,22). The van der Waals surface area contributed by atoms with Gasteiger partial charge in [-0.2, -0.15) is 0 Å². The monoisotopic (exact) mass is 374 g/mol. The number of fused-ring (bicyclic) bond motifs is 1. The Morgan fingerprint density at radius 3 is 2.81 bits per heavy atom. The van der Waals surface area contributed by atoms with Crippen LogP contribution in [-0.4, -0.2) is 53.1 Å². The highest BCUT2D eigenvalue weighted by molar-refractivity contribution is 7.89. The Hall–Kier alpha value is -2.10. The molecule has 0 amide bonds. The number of nitrogens with one attached hydrogen (secondary N) is 2. The van der Waals surface area contributed by atoms with E-state index in [0.717, 1.165) is 29.7 Å². The minimum Gasteiger partial charge on any atom is -0.369 e. The number of aromatic nitrogens is 3. The SMILES string of the molecule is O=S(=O)(CCNc1nc(-c2cccnc2)nc2c1CNC2)N1CCCC1. The van der Waals surface area contributed by atoms with E-state index in [1.807, 2.05) is 12.1 Å². The van der Waals surface area contributed by atoms with Crippen LogP contribution in [0.3, 0.4) is 0 Å². The lowest BCUT2D eigenvalue weighted by molar-refractivity contribution is 0.478. The van der Waals surface area contributed by atoms with Gasteiger partial charge in [0.15, 0.2) is 5.82 Å². The number of rotatable bonds is 6. The summed E-state index contributed by atoms with van der Waals surface area (Å²) in [5.41, 5.74) is 2.80. The summed E-state index contributed by atoms with van der Waals surface area (Å²) in [6, 6.07) is 3.76. The highest BCUT2D eigenvalue weighted by Crippen LogP contribution is 2.25. The van der Waals surface area contributed by atoms with Gasteiger partial charge in [-0.15, -0.1) is 0 Å². The number of hydrogen-bond donors (Lipinski definition) is 2. The Labute approximate surface area is 153 Å². The molecule has 0 aromatic carbocycles. The normalized spacial score (nSPS) is 17.4. The lowest BCUT2D eigenvalue weighted by Gasteiger charge is -2.16. The molecule has 2 N–H and O–H groups in total. The van der Waals surface area contributed by atoms with E-state index in [-0.39, 0.29) is 5.75 Å². The van der Waals surface area contributed by atoms with E-state index in [1.54, 1.807) is 16.7 Å². The molecule has 2 aromatic rings. The minimum absolute atomic E-state index is 0.0709. The number of nitrogens with zero attached hydrogens (tertiary/aromatic N) is 4. The Morgan fingerprint density at radius 2 is 2.04 bits per heavy atom. The van der Waals surface area contributed by atoms with Crippen LogP contribution < -0.4 is 10.6 Å². The van der Waals surface area contributed by atoms with Crippen molar-refractivity contribution in [2.75, 3.05) is 30.7 Å². The summed E-state index contributed by atoms with van der Waals surface area (Å²) in [4.78, 5) is 13.4. The van der Waals surface area contributed by atoms with Crippen molar-refractivity contribution >= 4 is 15.8 Å². The first-order chi connectivity index (χ1) is 12.6. The van der Waals surface area contributed by atoms with Crippen LogP contribution in [0, 0.1) is 0 Å². The van der Waals surface area contributed by atoms with Crippen molar-refractivity contribution < 1.29 is 8.42 Å². The maximum absolute atomic E-state index is 12.4. The largest absolute Gasteiger partial charge is 0.369 e. The summed E-state index contributed by atoms with van der Waals surface area (Å²) in [5.74, 6) is 1.38. The fourth-order valence-electron chi connectivity index (χ4n) is 3.33. The van der Waals surface area contributed by atoms with Gasteiger partial charge in [0.05, 0.1) is 11.4 Å². The zero-order chi connectivity index (χ0) is 18.0. The molecule has 26 heavy (non-hydrogen) atoms. The van der Waals surface area contributed by atoms with E-state index < -0.39 is 10.0 Å². The highest BCUT2D eigenvalue weighted by atomic mass is 32.2. The first kappa shape index (κ1) is 17.3. The van der Waals surface area contributed by atoms with E-state index in [2.05, 4.69) is 25.6 Å². The topological polar surface area (TPSA) is 100 Å². The average molecular weight is 374 g/mol. The molecule has 0 spiro atoms. The maximum Gasteiger partial charge on any atom is 0.215 e. The molecular weight excluding hydrogens is 352 g/mol. The molecule has 0 radical (unpaired) electrons. The third-order valence-corrected chi connectivity index (χ3v) is 6.59. The van der Waals surface area contributed by atoms with E-state index in [9.17, 15) is 8.42 Å². The van der Waals surface area contributed by atoms with Crippen LogP contribution in [0.4, 0.5) is 5.82 Å². The number of sulfonamides is 1. The van der Waals surface area contributed by atoms with Crippen molar-refractivity contribution in [1.29, 1.82) is 0 Å². The van der Waals surface area contributed by atoms with Crippen LogP contribution in [0.15, 0.2) is 24.5 Å². The van der Waals surface area contributed by atoms with Crippen molar-refractivity contribution in [2.45, 2.75) is 25.9 Å². The predicted octanol–water partition coefficient (Wildman–Crippen LogP) is 0.979. The van der Waals surface area contributed by atoms with Crippen LogP contribution in [0.2, 0.25) is 0 Å². The van der Waals surface area contributed by atoms with Crippen LogP contribution >= 0.6 is 0 Å². The fourth-order valence-corrected chi connectivity index (χ4v) is 4.77. The fraction of sp³-hybridized carbons (Fsp3) is 0.471. The molecule has 2 aliphatic rings. The van der Waals surface area contributed by atoms with Crippen molar-refractivity contribution in [3.05, 3.63) is 35.8 Å². The molecule has 9 heteroatoms. The van der Waals surface area contributed by atoms with Gasteiger partial charge in [0.2, 0.25) is 10.0 Å². The molecule has 0 atom stereocenters. The summed E-state index contributed by atoms with van der Waals surface area (Å²) >= 11 is 0. The van der Waals surface area contributed by atoms with Gasteiger partial charge in [-0.1, -0.05) is 0 Å². The van der Waals surface area contributed by atoms with Crippen LogP contribution in [0.1, 0.15) is 24.1 Å². The summed E-state index contributed by atoms with van der Waals surface area (Å²) < 4.78 is 26.3. The number of hydrogen-bond acceptors (Lipinski definition) is 7. The molecule has 4 heterocycles. The molecule has 0 saturated carbocycles. The Kier molecular flexibility index (Phi) is 4.84. The van der Waals surface area contributed by atoms with Gasteiger partial charge in [-0.3, -0.25) is 4.98 Å². The van der Waals surface area contributed by atoms with Crippen LogP contribution in [-0.2, 0) is 23.1 Å². The molecule has 0 bridgehead atoms. The lowest BCUT2D eigenvalue weighted by atomic mass is 10.2. The minimum atomic E-state index is -3.20. The number of pyridine rings is 1. The second kappa shape index (κ2) is 7.26. The molecule has 1 saturated heterocycles. The first-order valence-corrected chi connectivity index (χ1v) is 10.5. The molecule has 2 aromatic heterocycles. The summed E-state index contributed by atoms with van der Waals surface area (Å²) in [5, 5.41) is 6.49. The second-order valence-corrected chi connectivity index (χ2v) is 8.60. The third-order valence-electron chi connectivity index (χ3n) is 4.72. The molecule has 4 rings (SSSR count). The van der Waals surface area contributed by atoms with Crippen LogP contribution in [0.25, 0.3) is 11.4 Å². The van der Waals surface area contributed by atoms with E-state index in [0.29, 0.717) is 44.4 Å². The van der Waals surface area contributed by atoms with Gasteiger partial charge in [-0.05, 0) is 25.0 Å². The molecular formula is C17H22N6O2S. The van der Waals surface area contributed by atoms with Gasteiger partial charge >= 0.3 is 0 Å². The van der Waals surface area contributed by atoms with Crippen molar-refractivity contribution in [1.82, 2.24) is 24.6 Å². The Morgan fingerprint density at radius 1 is 1.19 bits per heavy atom. The maximum atomic E-state index is 12.4. The molecule has 8 nitrogen and oxygen atoms in total. The summed E-state index contributed by atoms with van der Waals surface area (Å²) in [6.07, 6.45) is 5.34. The molecule has 1 fully saturated rings. The third kappa shape index (κ3) is 3.55. The molecule has 0 aliphatic carbocycles. The predicted molar refractivity (Wildman–Crippen MR) is 98.9 cm³/mol. The van der Waals surface area contributed by atoms with E-state index >= 15 is 0 Å². The van der Waals surface area contributed by atoms with Crippen LogP contribution in [0.5, 0.6) is 0 Å². The summed E-state index contributed by atoms with van der Waals surface area (Å²) in [6.45, 7) is 2.98. The number of anilines is 1. The molecule has 2 aliphatic heterocycles. The van der Waals surface area contributed by atoms with Crippen molar-refractivity contribution in [3.63, 3.8) is 0 Å². The zero-order valence-corrected chi connectivity index (χ0v) is 15.3. The average Bonchev–Trinajstić information content (AvgIpc) is 3.34. The van der Waals surface area contributed by atoms with Gasteiger partial charge in [0.1, 0.15) is 5.82 Å².